The number of nitrogens with one attached hydrogen (secondary N) is 1. The summed E-state index contributed by atoms with van der Waals surface area (Å²) >= 11 is 0. The number of benzene rings is 1. The van der Waals surface area contributed by atoms with E-state index >= 15 is 0 Å². The van der Waals surface area contributed by atoms with Crippen LogP contribution in [0.15, 0.2) is 24.3 Å². The summed E-state index contributed by atoms with van der Waals surface area (Å²) in [5, 5.41) is 11.6. The maximum absolute atomic E-state index is 11.7. The first-order chi connectivity index (χ1) is 9.49. The van der Waals surface area contributed by atoms with Crippen LogP contribution >= 0.6 is 0 Å². The predicted octanol–water partition coefficient (Wildman–Crippen LogP) is 3.93. The second-order valence-corrected chi connectivity index (χ2v) is 5.43. The van der Waals surface area contributed by atoms with Crippen molar-refractivity contribution in [1.82, 2.24) is 0 Å². The number of rotatable bonds is 8. The second-order valence-electron chi connectivity index (χ2n) is 5.43. The highest BCUT2D eigenvalue weighted by Gasteiger charge is 2.06. The highest BCUT2D eigenvalue weighted by Crippen LogP contribution is 2.13. The van der Waals surface area contributed by atoms with Crippen LogP contribution < -0.4 is 5.32 Å². The first kappa shape index (κ1) is 16.2. The molecule has 110 valence electrons. The third-order valence-electron chi connectivity index (χ3n) is 3.08. The van der Waals surface area contributed by atoms with Crippen LogP contribution in [0.1, 0.15) is 56.3 Å². The molecule has 0 aromatic heterocycles. The van der Waals surface area contributed by atoms with E-state index < -0.39 is 5.97 Å². The zero-order chi connectivity index (χ0) is 15.0. The minimum atomic E-state index is -0.991. The van der Waals surface area contributed by atoms with Crippen LogP contribution in [0.25, 0.3) is 0 Å². The lowest BCUT2D eigenvalue weighted by Crippen LogP contribution is -2.11. The molecule has 2 N–H and O–H groups in total. The number of unbranched alkanes of at least 4 members (excludes halogenated alkanes) is 2. The van der Waals surface area contributed by atoms with Crippen molar-refractivity contribution in [2.75, 3.05) is 5.32 Å². The molecule has 0 saturated heterocycles. The quantitative estimate of drug-likeness (QED) is 0.707. The second kappa shape index (κ2) is 8.35. The van der Waals surface area contributed by atoms with Gasteiger partial charge < -0.3 is 10.4 Å². The Bertz CT molecular complexity index is 455. The SMILES string of the molecule is CC(C)CCCCCC(=O)Nc1cccc(C(=O)O)c1. The van der Waals surface area contributed by atoms with E-state index in [9.17, 15) is 9.59 Å². The Balaban J connectivity index is 2.32. The molecule has 1 aromatic carbocycles. The Morgan fingerprint density at radius 2 is 1.95 bits per heavy atom. The van der Waals surface area contributed by atoms with Crippen molar-refractivity contribution in [3.8, 4) is 0 Å². The fourth-order valence-corrected chi connectivity index (χ4v) is 1.97. The molecule has 0 aliphatic carbocycles. The van der Waals surface area contributed by atoms with Crippen molar-refractivity contribution < 1.29 is 14.7 Å². The molecule has 0 aliphatic rings. The van der Waals surface area contributed by atoms with Crippen LogP contribution in [-0.2, 0) is 4.79 Å². The molecular weight excluding hydrogens is 254 g/mol. The topological polar surface area (TPSA) is 66.4 Å². The van der Waals surface area contributed by atoms with E-state index in [1.165, 1.54) is 18.6 Å². The van der Waals surface area contributed by atoms with Crippen LogP contribution in [0.5, 0.6) is 0 Å². The number of anilines is 1. The standard InChI is InChI=1S/C16H23NO3/c1-12(2)7-4-3-5-10-15(18)17-14-9-6-8-13(11-14)16(19)20/h6,8-9,11-12H,3-5,7,10H2,1-2H3,(H,17,18)(H,19,20). The largest absolute Gasteiger partial charge is 0.478 e. The Morgan fingerprint density at radius 1 is 1.20 bits per heavy atom. The van der Waals surface area contributed by atoms with Crippen LogP contribution in [0.3, 0.4) is 0 Å². The summed E-state index contributed by atoms with van der Waals surface area (Å²) in [6.45, 7) is 4.39. The minimum absolute atomic E-state index is 0.0583. The zero-order valence-corrected chi connectivity index (χ0v) is 12.2. The monoisotopic (exact) mass is 277 g/mol. The molecule has 4 nitrogen and oxygen atoms in total. The van der Waals surface area contributed by atoms with Crippen molar-refractivity contribution in [3.05, 3.63) is 29.8 Å². The van der Waals surface area contributed by atoms with Gasteiger partial charge in [0.1, 0.15) is 0 Å². The Kier molecular flexibility index (Phi) is 6.77. The first-order valence-corrected chi connectivity index (χ1v) is 7.12. The van der Waals surface area contributed by atoms with Crippen molar-refractivity contribution in [2.45, 2.75) is 46.0 Å². The van der Waals surface area contributed by atoms with Gasteiger partial charge in [0, 0.05) is 12.1 Å². The van der Waals surface area contributed by atoms with Gasteiger partial charge in [-0.15, -0.1) is 0 Å². The van der Waals surface area contributed by atoms with E-state index in [-0.39, 0.29) is 11.5 Å². The number of amides is 1. The average Bonchev–Trinajstić information content (AvgIpc) is 2.38. The summed E-state index contributed by atoms with van der Waals surface area (Å²) in [5.41, 5.74) is 0.719. The van der Waals surface area contributed by atoms with Gasteiger partial charge in [0.05, 0.1) is 5.56 Å². The number of hydrogen-bond acceptors (Lipinski definition) is 2. The van der Waals surface area contributed by atoms with Gasteiger partial charge in [0.15, 0.2) is 0 Å². The Labute approximate surface area is 120 Å². The van der Waals surface area contributed by atoms with Gasteiger partial charge in [-0.05, 0) is 30.5 Å². The molecular formula is C16H23NO3. The number of hydrogen-bond donors (Lipinski definition) is 2. The molecule has 1 rings (SSSR count). The minimum Gasteiger partial charge on any atom is -0.478 e. The Hall–Kier alpha value is -1.84. The van der Waals surface area contributed by atoms with Crippen molar-refractivity contribution in [1.29, 1.82) is 0 Å². The molecule has 0 heterocycles. The van der Waals surface area contributed by atoms with E-state index in [0.29, 0.717) is 18.0 Å². The molecule has 0 bridgehead atoms. The molecule has 1 amide bonds. The van der Waals surface area contributed by atoms with Gasteiger partial charge in [-0.3, -0.25) is 4.79 Å². The van der Waals surface area contributed by atoms with Crippen molar-refractivity contribution in [3.63, 3.8) is 0 Å². The van der Waals surface area contributed by atoms with Gasteiger partial charge in [-0.1, -0.05) is 39.2 Å². The number of carboxylic acids is 1. The zero-order valence-electron chi connectivity index (χ0n) is 12.2. The maximum Gasteiger partial charge on any atom is 0.335 e. The lowest BCUT2D eigenvalue weighted by atomic mass is 10.0. The highest BCUT2D eigenvalue weighted by atomic mass is 16.4. The van der Waals surface area contributed by atoms with E-state index in [2.05, 4.69) is 19.2 Å². The van der Waals surface area contributed by atoms with Crippen LogP contribution in [0.4, 0.5) is 5.69 Å². The highest BCUT2D eigenvalue weighted by molar-refractivity contribution is 5.93. The number of carboxylic acid groups (broad SMARTS) is 1. The molecule has 1 aromatic rings. The molecule has 0 spiro atoms. The van der Waals surface area contributed by atoms with Gasteiger partial charge >= 0.3 is 5.97 Å². The van der Waals surface area contributed by atoms with Crippen molar-refractivity contribution >= 4 is 17.6 Å². The van der Waals surface area contributed by atoms with Gasteiger partial charge in [0.25, 0.3) is 0 Å². The number of aromatic carboxylic acids is 1. The maximum atomic E-state index is 11.7. The summed E-state index contributed by atoms with van der Waals surface area (Å²) in [6.07, 6.45) is 4.76. The van der Waals surface area contributed by atoms with Crippen LogP contribution in [0, 0.1) is 5.92 Å². The molecule has 0 aliphatic heterocycles. The van der Waals surface area contributed by atoms with Gasteiger partial charge in [-0.25, -0.2) is 4.79 Å². The number of carbonyl (C=O) groups is 2. The molecule has 20 heavy (non-hydrogen) atoms. The lowest BCUT2D eigenvalue weighted by molar-refractivity contribution is -0.116. The fourth-order valence-electron chi connectivity index (χ4n) is 1.97. The first-order valence-electron chi connectivity index (χ1n) is 7.12. The van der Waals surface area contributed by atoms with Crippen LogP contribution in [-0.4, -0.2) is 17.0 Å². The average molecular weight is 277 g/mol. The molecule has 4 heteroatoms. The van der Waals surface area contributed by atoms with E-state index in [4.69, 9.17) is 5.11 Å². The van der Waals surface area contributed by atoms with Crippen molar-refractivity contribution in [2.24, 2.45) is 5.92 Å². The molecule has 0 fully saturated rings. The summed E-state index contributed by atoms with van der Waals surface area (Å²) in [7, 11) is 0. The predicted molar refractivity (Wildman–Crippen MR) is 80.0 cm³/mol. The van der Waals surface area contributed by atoms with E-state index in [0.717, 1.165) is 19.3 Å². The van der Waals surface area contributed by atoms with E-state index in [1.807, 2.05) is 0 Å². The van der Waals surface area contributed by atoms with E-state index in [1.54, 1.807) is 12.1 Å². The summed E-state index contributed by atoms with van der Waals surface area (Å²) < 4.78 is 0. The fraction of sp³-hybridized carbons (Fsp3) is 0.500. The van der Waals surface area contributed by atoms with Gasteiger partial charge in [-0.2, -0.15) is 0 Å². The third kappa shape index (κ3) is 6.36. The normalized spacial score (nSPS) is 10.6. The summed E-state index contributed by atoms with van der Waals surface area (Å²) in [4.78, 5) is 22.6. The smallest absolute Gasteiger partial charge is 0.335 e. The van der Waals surface area contributed by atoms with Crippen LogP contribution in [0.2, 0.25) is 0 Å². The molecule has 0 unspecified atom stereocenters. The van der Waals surface area contributed by atoms with Gasteiger partial charge in [0.2, 0.25) is 5.91 Å². The molecule has 0 saturated carbocycles. The lowest BCUT2D eigenvalue weighted by Gasteiger charge is -2.07. The third-order valence-corrected chi connectivity index (χ3v) is 3.08. The summed E-state index contributed by atoms with van der Waals surface area (Å²) in [5.74, 6) is -0.338. The molecule has 0 radical (unpaired) electrons. The molecule has 0 atom stereocenters. The number of carbonyl (C=O) groups excluding carboxylic acids is 1. The summed E-state index contributed by atoms with van der Waals surface area (Å²) in [6, 6.07) is 6.30. The Morgan fingerprint density at radius 3 is 2.60 bits per heavy atom.